The van der Waals surface area contributed by atoms with E-state index in [4.69, 9.17) is 5.73 Å². The number of aryl methyl sites for hydroxylation is 1. The van der Waals surface area contributed by atoms with Crippen molar-refractivity contribution in [3.05, 3.63) is 57.3 Å². The fraction of sp³-hybridized carbons (Fsp3) is 0.375. The predicted molar refractivity (Wildman–Crippen MR) is 80.1 cm³/mol. The van der Waals surface area contributed by atoms with Gasteiger partial charge in [0.05, 0.1) is 6.04 Å². The van der Waals surface area contributed by atoms with E-state index in [2.05, 4.69) is 56.5 Å². The number of benzene rings is 1. The van der Waals surface area contributed by atoms with Gasteiger partial charge in [0.1, 0.15) is 0 Å². The number of nitrogens with two attached hydrogens (primary N) is 1. The van der Waals surface area contributed by atoms with Gasteiger partial charge in [0.25, 0.3) is 0 Å². The van der Waals surface area contributed by atoms with Gasteiger partial charge in [0.2, 0.25) is 0 Å². The van der Waals surface area contributed by atoms with Gasteiger partial charge >= 0.3 is 0 Å². The van der Waals surface area contributed by atoms with Crippen molar-refractivity contribution in [2.24, 2.45) is 11.7 Å². The van der Waals surface area contributed by atoms with E-state index in [1.54, 1.807) is 11.3 Å². The Labute approximate surface area is 114 Å². The largest absolute Gasteiger partial charge is 0.320 e. The van der Waals surface area contributed by atoms with Crippen molar-refractivity contribution in [3.63, 3.8) is 0 Å². The van der Waals surface area contributed by atoms with Crippen LogP contribution in [0.25, 0.3) is 0 Å². The second kappa shape index (κ2) is 5.68. The summed E-state index contributed by atoms with van der Waals surface area (Å²) in [5.41, 5.74) is 10.3. The molecule has 1 aromatic carbocycles. The lowest BCUT2D eigenvalue weighted by molar-refractivity contribution is 0.646. The molecule has 0 fully saturated rings. The lowest BCUT2D eigenvalue weighted by Crippen LogP contribution is -2.11. The van der Waals surface area contributed by atoms with Crippen LogP contribution < -0.4 is 5.73 Å². The van der Waals surface area contributed by atoms with Crippen LogP contribution in [0.15, 0.2) is 35.7 Å². The van der Waals surface area contributed by atoms with Gasteiger partial charge in [0.15, 0.2) is 0 Å². The molecule has 0 spiro atoms. The van der Waals surface area contributed by atoms with E-state index >= 15 is 0 Å². The average molecular weight is 259 g/mol. The Balaban J connectivity index is 2.25. The molecule has 2 aromatic rings. The minimum absolute atomic E-state index is 0.0112. The van der Waals surface area contributed by atoms with Gasteiger partial charge in [0, 0.05) is 4.88 Å². The predicted octanol–water partition coefficient (Wildman–Crippen LogP) is 4.30. The zero-order valence-corrected chi connectivity index (χ0v) is 12.1. The van der Waals surface area contributed by atoms with Crippen LogP contribution in [0.4, 0.5) is 0 Å². The van der Waals surface area contributed by atoms with Gasteiger partial charge in [-0.2, -0.15) is 0 Å². The monoisotopic (exact) mass is 259 g/mol. The highest BCUT2D eigenvalue weighted by molar-refractivity contribution is 7.10. The highest BCUT2D eigenvalue weighted by atomic mass is 32.1. The van der Waals surface area contributed by atoms with Gasteiger partial charge in [-0.3, -0.25) is 0 Å². The first-order chi connectivity index (χ1) is 8.58. The molecule has 1 atom stereocenters. The highest BCUT2D eigenvalue weighted by Gasteiger charge is 2.13. The average Bonchev–Trinajstić information content (AvgIpc) is 2.74. The van der Waals surface area contributed by atoms with Crippen molar-refractivity contribution >= 4 is 11.3 Å². The smallest absolute Gasteiger partial charge is 0.0648 e. The van der Waals surface area contributed by atoms with E-state index in [1.165, 1.54) is 21.6 Å². The van der Waals surface area contributed by atoms with Crippen LogP contribution in [0, 0.1) is 12.8 Å². The van der Waals surface area contributed by atoms with Gasteiger partial charge in [-0.25, -0.2) is 0 Å². The lowest BCUT2D eigenvalue weighted by atomic mass is 9.97. The van der Waals surface area contributed by atoms with E-state index < -0.39 is 0 Å². The van der Waals surface area contributed by atoms with Crippen LogP contribution in [-0.4, -0.2) is 0 Å². The minimum atomic E-state index is 0.0112. The van der Waals surface area contributed by atoms with Crippen molar-refractivity contribution < 1.29 is 0 Å². The maximum atomic E-state index is 6.37. The summed E-state index contributed by atoms with van der Waals surface area (Å²) in [5, 5.41) is 2.11. The van der Waals surface area contributed by atoms with Crippen LogP contribution in [0.2, 0.25) is 0 Å². The molecule has 18 heavy (non-hydrogen) atoms. The van der Waals surface area contributed by atoms with Crippen LogP contribution in [-0.2, 0) is 6.42 Å². The third-order valence-electron chi connectivity index (χ3n) is 3.14. The maximum absolute atomic E-state index is 6.37. The first kappa shape index (κ1) is 13.3. The molecule has 0 radical (unpaired) electrons. The zero-order chi connectivity index (χ0) is 13.1. The normalized spacial score (nSPS) is 12.9. The van der Waals surface area contributed by atoms with E-state index in [0.717, 1.165) is 6.42 Å². The van der Waals surface area contributed by atoms with E-state index in [-0.39, 0.29) is 6.04 Å². The van der Waals surface area contributed by atoms with Gasteiger partial charge < -0.3 is 5.73 Å². The molecule has 0 bridgehead atoms. The van der Waals surface area contributed by atoms with Crippen molar-refractivity contribution in [2.75, 3.05) is 0 Å². The molecule has 2 rings (SSSR count). The molecule has 0 aliphatic carbocycles. The van der Waals surface area contributed by atoms with Crippen LogP contribution in [0.5, 0.6) is 0 Å². The molecular weight excluding hydrogens is 238 g/mol. The summed E-state index contributed by atoms with van der Waals surface area (Å²) in [6.45, 7) is 6.62. The van der Waals surface area contributed by atoms with E-state index in [1.807, 2.05) is 0 Å². The Morgan fingerprint density at radius 1 is 1.22 bits per heavy atom. The second-order valence-corrected chi connectivity index (χ2v) is 6.24. The third kappa shape index (κ3) is 3.01. The fourth-order valence-corrected chi connectivity index (χ4v) is 3.19. The maximum Gasteiger partial charge on any atom is 0.0648 e. The zero-order valence-electron chi connectivity index (χ0n) is 11.3. The van der Waals surface area contributed by atoms with Crippen LogP contribution in [0.3, 0.4) is 0 Å². The Bertz CT molecular complexity index is 513. The third-order valence-corrected chi connectivity index (χ3v) is 4.24. The summed E-state index contributed by atoms with van der Waals surface area (Å²) in [6.07, 6.45) is 1.12. The Morgan fingerprint density at radius 2 is 2.00 bits per heavy atom. The number of thiophene rings is 1. The summed E-state index contributed by atoms with van der Waals surface area (Å²) in [7, 11) is 0. The summed E-state index contributed by atoms with van der Waals surface area (Å²) in [4.78, 5) is 1.27. The Morgan fingerprint density at radius 3 is 2.61 bits per heavy atom. The second-order valence-electron chi connectivity index (χ2n) is 5.29. The summed E-state index contributed by atoms with van der Waals surface area (Å²) < 4.78 is 0. The van der Waals surface area contributed by atoms with E-state index in [0.29, 0.717) is 5.92 Å². The standard InChI is InChI=1S/C16H21NS/c1-11(2)9-13-5-4-6-14(10-13)15(17)16-12(3)7-8-18-16/h4-8,10-11,15H,9,17H2,1-3H3. The SMILES string of the molecule is Cc1ccsc1C(N)c1cccc(CC(C)C)c1. The van der Waals surface area contributed by atoms with Crippen molar-refractivity contribution in [2.45, 2.75) is 33.2 Å². The van der Waals surface area contributed by atoms with Crippen molar-refractivity contribution in [1.29, 1.82) is 0 Å². The number of hydrogen-bond acceptors (Lipinski definition) is 2. The molecule has 0 saturated carbocycles. The molecule has 1 heterocycles. The number of hydrogen-bond donors (Lipinski definition) is 1. The van der Waals surface area contributed by atoms with Gasteiger partial charge in [-0.15, -0.1) is 11.3 Å². The molecule has 0 aliphatic rings. The molecule has 1 unspecified atom stereocenters. The first-order valence-electron chi connectivity index (χ1n) is 6.46. The topological polar surface area (TPSA) is 26.0 Å². The molecule has 1 aromatic heterocycles. The molecule has 2 N–H and O–H groups in total. The fourth-order valence-electron chi connectivity index (χ4n) is 2.24. The van der Waals surface area contributed by atoms with Gasteiger partial charge in [-0.1, -0.05) is 38.1 Å². The Kier molecular flexibility index (Phi) is 4.20. The highest BCUT2D eigenvalue weighted by Crippen LogP contribution is 2.28. The summed E-state index contributed by atoms with van der Waals surface area (Å²) in [5.74, 6) is 0.681. The number of rotatable bonds is 4. The van der Waals surface area contributed by atoms with Crippen molar-refractivity contribution in [3.8, 4) is 0 Å². The Hall–Kier alpha value is -1.12. The quantitative estimate of drug-likeness (QED) is 0.870. The first-order valence-corrected chi connectivity index (χ1v) is 7.34. The lowest BCUT2D eigenvalue weighted by Gasteiger charge is -2.14. The van der Waals surface area contributed by atoms with Crippen LogP contribution in [0.1, 0.15) is 41.5 Å². The minimum Gasteiger partial charge on any atom is -0.320 e. The van der Waals surface area contributed by atoms with Gasteiger partial charge in [-0.05, 0) is 47.4 Å². The van der Waals surface area contributed by atoms with E-state index in [9.17, 15) is 0 Å². The molecule has 0 aliphatic heterocycles. The molecule has 0 saturated heterocycles. The molecule has 96 valence electrons. The summed E-state index contributed by atoms with van der Waals surface area (Å²) in [6, 6.07) is 10.8. The summed E-state index contributed by atoms with van der Waals surface area (Å²) >= 11 is 1.75. The van der Waals surface area contributed by atoms with Crippen LogP contribution >= 0.6 is 11.3 Å². The molecule has 2 heteroatoms. The molecular formula is C16H21NS. The molecule has 0 amide bonds. The van der Waals surface area contributed by atoms with Crippen molar-refractivity contribution in [1.82, 2.24) is 0 Å². The molecule has 1 nitrogen and oxygen atoms in total.